The molecule has 1 atom stereocenters. The monoisotopic (exact) mass is 485 g/mol. The molecule has 0 aliphatic carbocycles. The number of fused-ring (bicyclic) bond motifs is 1. The van der Waals surface area contributed by atoms with E-state index in [0.29, 0.717) is 43.8 Å². The molecule has 4 rings (SSSR count). The molecule has 33 heavy (non-hydrogen) atoms. The molecule has 2 heterocycles. The van der Waals surface area contributed by atoms with Crippen molar-refractivity contribution in [2.45, 2.75) is 4.90 Å². The fourth-order valence-electron chi connectivity index (χ4n) is 3.29. The van der Waals surface area contributed by atoms with E-state index in [2.05, 4.69) is 20.0 Å². The lowest BCUT2D eigenvalue weighted by molar-refractivity contribution is 0.0973. The summed E-state index contributed by atoms with van der Waals surface area (Å²) in [6, 6.07) is 13.7. The largest absolute Gasteiger partial charge is 0.588 e. The van der Waals surface area contributed by atoms with Crippen molar-refractivity contribution in [3.8, 4) is 11.8 Å². The Balaban J connectivity index is 1.64. The molecule has 0 radical (unpaired) electrons. The molecule has 4 aromatic rings. The molecule has 170 valence electrons. The Hall–Kier alpha value is -3.47. The number of carbonyl (C=O) groups excluding carboxylic acids is 1. The Bertz CT molecular complexity index is 1310. The molecule has 11 heteroatoms. The number of nitrogens with zero attached hydrogens (tertiary/aromatic N) is 3. The maximum Gasteiger partial charge on any atom is 0.318 e. The zero-order valence-electron chi connectivity index (χ0n) is 18.0. The lowest BCUT2D eigenvalue weighted by Gasteiger charge is -2.11. The summed E-state index contributed by atoms with van der Waals surface area (Å²) in [6.07, 6.45) is 1.57. The molecule has 1 unspecified atom stereocenters. The predicted octanol–water partition coefficient (Wildman–Crippen LogP) is 3.84. The smallest absolute Gasteiger partial charge is 0.318 e. The first-order valence-electron chi connectivity index (χ1n) is 9.70. The number of benzene rings is 2. The molecule has 2 aromatic heterocycles. The van der Waals surface area contributed by atoms with Crippen LogP contribution in [0.15, 0.2) is 59.6 Å². The Morgan fingerprint density at radius 2 is 1.88 bits per heavy atom. The number of methoxy groups -OCH3 is 2. The summed E-state index contributed by atoms with van der Waals surface area (Å²) in [5, 5.41) is 4.36. The Labute approximate surface area is 198 Å². The molecule has 0 aliphatic rings. The Morgan fingerprint density at radius 1 is 1.12 bits per heavy atom. The minimum absolute atomic E-state index is 0.222. The average Bonchev–Trinajstić information content (AvgIpc) is 3.19. The van der Waals surface area contributed by atoms with Gasteiger partial charge >= 0.3 is 11.9 Å². The third kappa shape index (κ3) is 4.68. The van der Waals surface area contributed by atoms with Gasteiger partial charge in [-0.3, -0.25) is 4.79 Å². The van der Waals surface area contributed by atoms with E-state index in [9.17, 15) is 9.35 Å². The van der Waals surface area contributed by atoms with Gasteiger partial charge in [0.15, 0.2) is 4.90 Å². The van der Waals surface area contributed by atoms with Gasteiger partial charge in [0.05, 0.1) is 24.8 Å². The average molecular weight is 486 g/mol. The molecule has 0 saturated heterocycles. The SMILES string of the molecule is COc1ccc([S+]([O-])NC(=O)c2cc3c(Nc4ccnc(OC)n4)ccc(Cl)c3n2C)cc1. The normalized spacial score (nSPS) is 11.8. The third-order valence-electron chi connectivity index (χ3n) is 4.92. The number of ether oxygens (including phenoxy) is 2. The van der Waals surface area contributed by atoms with E-state index in [0.717, 1.165) is 0 Å². The van der Waals surface area contributed by atoms with Gasteiger partial charge in [-0.15, -0.1) is 0 Å². The molecular weight excluding hydrogens is 466 g/mol. The van der Waals surface area contributed by atoms with E-state index in [4.69, 9.17) is 21.1 Å². The molecule has 0 fully saturated rings. The van der Waals surface area contributed by atoms with Crippen molar-refractivity contribution < 1.29 is 18.8 Å². The lowest BCUT2D eigenvalue weighted by atomic mass is 10.2. The quantitative estimate of drug-likeness (QED) is 0.382. The summed E-state index contributed by atoms with van der Waals surface area (Å²) in [5.74, 6) is 0.640. The number of rotatable bonds is 7. The van der Waals surface area contributed by atoms with Crippen LogP contribution in [-0.4, -0.2) is 39.2 Å². The van der Waals surface area contributed by atoms with Gasteiger partial charge in [-0.1, -0.05) is 11.6 Å². The summed E-state index contributed by atoms with van der Waals surface area (Å²) >= 11 is 4.69. The van der Waals surface area contributed by atoms with Crippen LogP contribution in [0.25, 0.3) is 10.9 Å². The molecule has 2 N–H and O–H groups in total. The standard InChI is InChI=1S/C22H20ClN5O4S/c1-28-18(21(29)27-33(30)14-6-4-13(31-2)5-7-14)12-15-17(9-8-16(23)20(15)28)25-19-10-11-24-22(26-19)32-3/h4-12H,1-3H3,(H,27,29)(H,24,25,26). The zero-order valence-corrected chi connectivity index (χ0v) is 19.5. The van der Waals surface area contributed by atoms with Crippen molar-refractivity contribution in [1.29, 1.82) is 0 Å². The maximum atomic E-state index is 13.0. The van der Waals surface area contributed by atoms with Crippen molar-refractivity contribution in [3.63, 3.8) is 0 Å². The number of aromatic nitrogens is 3. The first-order valence-corrected chi connectivity index (χ1v) is 11.2. The van der Waals surface area contributed by atoms with Crippen LogP contribution in [0.4, 0.5) is 11.5 Å². The fourth-order valence-corrected chi connectivity index (χ4v) is 4.36. The Kier molecular flexibility index (Phi) is 6.59. The van der Waals surface area contributed by atoms with Crippen LogP contribution in [0.3, 0.4) is 0 Å². The number of nitrogens with one attached hydrogen (secondary N) is 2. The zero-order chi connectivity index (χ0) is 23.5. The lowest BCUT2D eigenvalue weighted by Crippen LogP contribution is -2.31. The van der Waals surface area contributed by atoms with Crippen molar-refractivity contribution in [1.82, 2.24) is 19.3 Å². The number of carbonyl (C=O) groups is 1. The van der Waals surface area contributed by atoms with Crippen LogP contribution in [0.5, 0.6) is 11.8 Å². The minimum atomic E-state index is -1.75. The van der Waals surface area contributed by atoms with Crippen LogP contribution >= 0.6 is 11.6 Å². The van der Waals surface area contributed by atoms with Gasteiger partial charge in [0.1, 0.15) is 28.6 Å². The number of hydrogen-bond acceptors (Lipinski definition) is 7. The maximum absolute atomic E-state index is 13.0. The third-order valence-corrected chi connectivity index (χ3v) is 6.29. The van der Waals surface area contributed by atoms with Gasteiger partial charge in [-0.2, -0.15) is 9.71 Å². The van der Waals surface area contributed by atoms with Crippen LogP contribution in [0.2, 0.25) is 5.02 Å². The van der Waals surface area contributed by atoms with E-state index in [-0.39, 0.29) is 6.01 Å². The molecule has 0 aliphatic heterocycles. The number of hydrogen-bond donors (Lipinski definition) is 2. The number of halogens is 1. The second-order valence-corrected chi connectivity index (χ2v) is 8.50. The molecule has 9 nitrogen and oxygen atoms in total. The molecule has 2 aromatic carbocycles. The molecular formula is C22H20ClN5O4S. The van der Waals surface area contributed by atoms with Crippen molar-refractivity contribution in [3.05, 3.63) is 65.4 Å². The van der Waals surface area contributed by atoms with Gasteiger partial charge < -0.3 is 23.9 Å². The first-order chi connectivity index (χ1) is 15.9. The highest BCUT2D eigenvalue weighted by atomic mass is 35.5. The van der Waals surface area contributed by atoms with Crippen LogP contribution in [-0.2, 0) is 18.4 Å². The highest BCUT2D eigenvalue weighted by Gasteiger charge is 2.22. The molecule has 1 amide bonds. The van der Waals surface area contributed by atoms with E-state index in [1.54, 1.807) is 73.5 Å². The molecule has 0 spiro atoms. The van der Waals surface area contributed by atoms with Gasteiger partial charge in [-0.25, -0.2) is 4.98 Å². The summed E-state index contributed by atoms with van der Waals surface area (Å²) in [5.41, 5.74) is 1.62. The van der Waals surface area contributed by atoms with E-state index >= 15 is 0 Å². The topological polar surface area (TPSA) is 113 Å². The fraction of sp³-hybridized carbons (Fsp3) is 0.136. The first kappa shape index (κ1) is 22.7. The second-order valence-electron chi connectivity index (χ2n) is 6.87. The number of aryl methyl sites for hydroxylation is 1. The van der Waals surface area contributed by atoms with Crippen molar-refractivity contribution in [2.75, 3.05) is 19.5 Å². The second kappa shape index (κ2) is 9.57. The van der Waals surface area contributed by atoms with E-state index in [1.807, 2.05) is 0 Å². The number of amides is 1. The van der Waals surface area contributed by atoms with Gasteiger partial charge in [0, 0.05) is 24.3 Å². The summed E-state index contributed by atoms with van der Waals surface area (Å²) in [4.78, 5) is 21.6. The highest BCUT2D eigenvalue weighted by molar-refractivity contribution is 7.90. The van der Waals surface area contributed by atoms with Gasteiger partial charge in [-0.05, 0) is 48.5 Å². The van der Waals surface area contributed by atoms with Crippen molar-refractivity contribution in [2.24, 2.45) is 7.05 Å². The predicted molar refractivity (Wildman–Crippen MR) is 127 cm³/mol. The van der Waals surface area contributed by atoms with Gasteiger partial charge in [0.2, 0.25) is 0 Å². The van der Waals surface area contributed by atoms with Crippen LogP contribution < -0.4 is 19.5 Å². The van der Waals surface area contributed by atoms with Crippen LogP contribution in [0.1, 0.15) is 10.5 Å². The van der Waals surface area contributed by atoms with E-state index < -0.39 is 17.3 Å². The number of anilines is 2. The van der Waals surface area contributed by atoms with Gasteiger partial charge in [0.25, 0.3) is 0 Å². The van der Waals surface area contributed by atoms with Crippen molar-refractivity contribution >= 4 is 51.3 Å². The summed E-state index contributed by atoms with van der Waals surface area (Å²) in [6.45, 7) is 0. The van der Waals surface area contributed by atoms with Crippen LogP contribution in [0, 0.1) is 0 Å². The summed E-state index contributed by atoms with van der Waals surface area (Å²) in [7, 11) is 4.75. The summed E-state index contributed by atoms with van der Waals surface area (Å²) < 4.78 is 27.0. The molecule has 0 bridgehead atoms. The highest BCUT2D eigenvalue weighted by Crippen LogP contribution is 2.34. The minimum Gasteiger partial charge on any atom is -0.588 e. The van der Waals surface area contributed by atoms with E-state index in [1.165, 1.54) is 7.11 Å². The Morgan fingerprint density at radius 3 is 2.58 bits per heavy atom. The molecule has 0 saturated carbocycles.